The number of Topliss-reactive ketones (excluding diaryl/α,β-unsaturated/α-hetero) is 1. The Bertz CT molecular complexity index is 591. The van der Waals surface area contributed by atoms with Crippen LogP contribution < -0.4 is 0 Å². The first kappa shape index (κ1) is 8.16. The Labute approximate surface area is 84.9 Å². The molecule has 0 spiro atoms. The molecular weight excluding hydrogens is 192 g/mol. The molecule has 0 aliphatic carbocycles. The molecule has 72 valence electrons. The lowest BCUT2D eigenvalue weighted by atomic mass is 10.1. The van der Waals surface area contributed by atoms with Gasteiger partial charge in [-0.15, -0.1) is 0 Å². The van der Waals surface area contributed by atoms with Crippen LogP contribution in [0.5, 0.6) is 0 Å². The zero-order chi connectivity index (χ0) is 10.3. The Balaban J connectivity index is 2.31. The fourth-order valence-electron chi connectivity index (χ4n) is 1.54. The molecule has 15 heavy (non-hydrogen) atoms. The SMILES string of the molecule is O=C1C=Nc2cc3ncncc3nc2C1. The summed E-state index contributed by atoms with van der Waals surface area (Å²) in [5.74, 6) is -0.0220. The monoisotopic (exact) mass is 198 g/mol. The lowest BCUT2D eigenvalue weighted by Crippen LogP contribution is -2.10. The maximum atomic E-state index is 11.1. The zero-order valence-electron chi connectivity index (χ0n) is 7.71. The van der Waals surface area contributed by atoms with Gasteiger partial charge in [0.1, 0.15) is 11.8 Å². The molecule has 3 rings (SSSR count). The van der Waals surface area contributed by atoms with Crippen molar-refractivity contribution in [2.45, 2.75) is 6.42 Å². The largest absolute Gasteiger partial charge is 0.293 e. The Morgan fingerprint density at radius 2 is 2.20 bits per heavy atom. The number of aliphatic imine (C=N–C) groups is 1. The Morgan fingerprint density at radius 3 is 3.13 bits per heavy atom. The molecule has 3 heterocycles. The number of aromatic nitrogens is 3. The van der Waals surface area contributed by atoms with E-state index >= 15 is 0 Å². The third-order valence-corrected chi connectivity index (χ3v) is 2.24. The Hall–Kier alpha value is -2.17. The maximum absolute atomic E-state index is 11.1. The number of carbonyl (C=O) groups excluding carboxylic acids is 1. The molecule has 0 atom stereocenters. The molecule has 0 N–H and O–H groups in total. The van der Waals surface area contributed by atoms with Crippen molar-refractivity contribution in [2.24, 2.45) is 4.99 Å². The highest BCUT2D eigenvalue weighted by molar-refractivity contribution is 6.29. The summed E-state index contributed by atoms with van der Waals surface area (Å²) in [7, 11) is 0. The van der Waals surface area contributed by atoms with Gasteiger partial charge in [-0.2, -0.15) is 0 Å². The summed E-state index contributed by atoms with van der Waals surface area (Å²) >= 11 is 0. The number of hydrogen-bond acceptors (Lipinski definition) is 5. The van der Waals surface area contributed by atoms with Crippen LogP contribution in [-0.2, 0) is 11.2 Å². The van der Waals surface area contributed by atoms with Crippen molar-refractivity contribution in [3.8, 4) is 0 Å². The highest BCUT2D eigenvalue weighted by Crippen LogP contribution is 2.24. The van der Waals surface area contributed by atoms with Crippen LogP contribution in [0.3, 0.4) is 0 Å². The summed E-state index contributed by atoms with van der Waals surface area (Å²) in [6.45, 7) is 0. The number of carbonyl (C=O) groups is 1. The van der Waals surface area contributed by atoms with Gasteiger partial charge in [0, 0.05) is 0 Å². The van der Waals surface area contributed by atoms with E-state index in [1.807, 2.05) is 6.07 Å². The highest BCUT2D eigenvalue weighted by Gasteiger charge is 2.14. The molecule has 0 amide bonds. The maximum Gasteiger partial charge on any atom is 0.179 e. The van der Waals surface area contributed by atoms with Crippen LogP contribution in [0.4, 0.5) is 5.69 Å². The second-order valence-corrected chi connectivity index (χ2v) is 3.28. The molecule has 0 aromatic carbocycles. The molecule has 0 saturated carbocycles. The van der Waals surface area contributed by atoms with E-state index in [0.29, 0.717) is 17.6 Å². The van der Waals surface area contributed by atoms with Crippen molar-refractivity contribution in [3.63, 3.8) is 0 Å². The molecule has 0 saturated heterocycles. The zero-order valence-corrected chi connectivity index (χ0v) is 7.71. The highest BCUT2D eigenvalue weighted by atomic mass is 16.1. The molecular formula is C10H6N4O. The van der Waals surface area contributed by atoms with Crippen LogP contribution in [0.15, 0.2) is 23.6 Å². The van der Waals surface area contributed by atoms with E-state index in [0.717, 1.165) is 11.2 Å². The fourth-order valence-corrected chi connectivity index (χ4v) is 1.54. The summed E-state index contributed by atoms with van der Waals surface area (Å²) < 4.78 is 0. The normalized spacial score (nSPS) is 14.3. The van der Waals surface area contributed by atoms with Crippen LogP contribution in [0.25, 0.3) is 11.0 Å². The molecule has 0 unspecified atom stereocenters. The van der Waals surface area contributed by atoms with Crippen LogP contribution in [0.1, 0.15) is 5.69 Å². The first-order chi connectivity index (χ1) is 7.33. The number of hydrogen-bond donors (Lipinski definition) is 0. The average Bonchev–Trinajstić information content (AvgIpc) is 2.26. The summed E-state index contributed by atoms with van der Waals surface area (Å²) in [5, 5.41) is 0. The van der Waals surface area contributed by atoms with Gasteiger partial charge in [-0.05, 0) is 6.07 Å². The van der Waals surface area contributed by atoms with E-state index in [2.05, 4.69) is 19.9 Å². The van der Waals surface area contributed by atoms with Gasteiger partial charge in [0.15, 0.2) is 5.78 Å². The minimum Gasteiger partial charge on any atom is -0.293 e. The Kier molecular flexibility index (Phi) is 1.58. The summed E-state index contributed by atoms with van der Waals surface area (Å²) in [4.78, 5) is 27.4. The lowest BCUT2D eigenvalue weighted by Gasteiger charge is -2.08. The van der Waals surface area contributed by atoms with Gasteiger partial charge in [-0.3, -0.25) is 9.79 Å². The Morgan fingerprint density at radius 1 is 1.27 bits per heavy atom. The number of rotatable bonds is 0. The topological polar surface area (TPSA) is 68.1 Å². The standard InChI is InChI=1S/C10H6N4O/c15-6-1-9-7(12-3-6)2-8-10(14-9)4-11-5-13-8/h2-5H,1H2. The van der Waals surface area contributed by atoms with Gasteiger partial charge in [0.2, 0.25) is 0 Å². The number of nitrogens with zero attached hydrogens (tertiary/aromatic N) is 4. The fraction of sp³-hybridized carbons (Fsp3) is 0.100. The molecule has 5 nitrogen and oxygen atoms in total. The second kappa shape index (κ2) is 2.91. The molecule has 1 aliphatic rings. The van der Waals surface area contributed by atoms with E-state index < -0.39 is 0 Å². The van der Waals surface area contributed by atoms with E-state index in [1.54, 1.807) is 6.20 Å². The van der Waals surface area contributed by atoms with Gasteiger partial charge < -0.3 is 0 Å². The van der Waals surface area contributed by atoms with E-state index in [9.17, 15) is 4.79 Å². The summed E-state index contributed by atoms with van der Waals surface area (Å²) in [5.41, 5.74) is 2.86. The number of fused-ring (bicyclic) bond motifs is 2. The third kappa shape index (κ3) is 1.28. The van der Waals surface area contributed by atoms with Crippen LogP contribution in [0, 0.1) is 0 Å². The second-order valence-electron chi connectivity index (χ2n) is 3.28. The van der Waals surface area contributed by atoms with Gasteiger partial charge in [-0.25, -0.2) is 15.0 Å². The van der Waals surface area contributed by atoms with Gasteiger partial charge >= 0.3 is 0 Å². The summed E-state index contributed by atoms with van der Waals surface area (Å²) in [6.07, 6.45) is 4.74. The van der Waals surface area contributed by atoms with Gasteiger partial charge in [-0.1, -0.05) is 0 Å². The van der Waals surface area contributed by atoms with Crippen LogP contribution >= 0.6 is 0 Å². The quantitative estimate of drug-likeness (QED) is 0.629. The van der Waals surface area contributed by atoms with E-state index in [1.165, 1.54) is 12.5 Å². The van der Waals surface area contributed by atoms with E-state index in [-0.39, 0.29) is 5.78 Å². The first-order valence-electron chi connectivity index (χ1n) is 4.49. The predicted molar refractivity (Wildman–Crippen MR) is 54.2 cm³/mol. The smallest absolute Gasteiger partial charge is 0.179 e. The minimum atomic E-state index is -0.0220. The van der Waals surface area contributed by atoms with Gasteiger partial charge in [0.05, 0.1) is 35.7 Å². The summed E-state index contributed by atoms with van der Waals surface area (Å²) in [6, 6.07) is 1.82. The molecule has 0 radical (unpaired) electrons. The molecule has 0 bridgehead atoms. The van der Waals surface area contributed by atoms with Crippen molar-refractivity contribution in [1.82, 2.24) is 15.0 Å². The third-order valence-electron chi connectivity index (χ3n) is 2.24. The van der Waals surface area contributed by atoms with Crippen LogP contribution in [0.2, 0.25) is 0 Å². The predicted octanol–water partition coefficient (Wildman–Crippen LogP) is 0.852. The van der Waals surface area contributed by atoms with Gasteiger partial charge in [0.25, 0.3) is 0 Å². The first-order valence-corrected chi connectivity index (χ1v) is 4.49. The number of ketones is 1. The van der Waals surface area contributed by atoms with Crippen molar-refractivity contribution in [1.29, 1.82) is 0 Å². The molecule has 2 aromatic heterocycles. The van der Waals surface area contributed by atoms with Crippen molar-refractivity contribution < 1.29 is 4.79 Å². The van der Waals surface area contributed by atoms with Crippen molar-refractivity contribution >= 4 is 28.7 Å². The van der Waals surface area contributed by atoms with Crippen LogP contribution in [-0.4, -0.2) is 26.9 Å². The molecule has 1 aliphatic heterocycles. The average molecular weight is 198 g/mol. The number of pyridine rings is 1. The molecule has 2 aromatic rings. The molecule has 0 fully saturated rings. The van der Waals surface area contributed by atoms with Crippen molar-refractivity contribution in [3.05, 3.63) is 24.3 Å². The molecule has 5 heteroatoms. The van der Waals surface area contributed by atoms with E-state index in [4.69, 9.17) is 0 Å². The minimum absolute atomic E-state index is 0.0220. The van der Waals surface area contributed by atoms with Crippen molar-refractivity contribution in [2.75, 3.05) is 0 Å². The lowest BCUT2D eigenvalue weighted by molar-refractivity contribution is -0.112.